The van der Waals surface area contributed by atoms with Crippen LogP contribution in [0.15, 0.2) is 77.7 Å². The topological polar surface area (TPSA) is 114 Å². The summed E-state index contributed by atoms with van der Waals surface area (Å²) in [5.41, 5.74) is 7.94. The van der Waals surface area contributed by atoms with Gasteiger partial charge >= 0.3 is 0 Å². The summed E-state index contributed by atoms with van der Waals surface area (Å²) < 4.78 is 49.7. The third kappa shape index (κ3) is 7.93. The summed E-state index contributed by atoms with van der Waals surface area (Å²) in [6.07, 6.45) is 2.06. The second-order valence-corrected chi connectivity index (χ2v) is 14.9. The van der Waals surface area contributed by atoms with Gasteiger partial charge in [-0.05, 0) is 87.4 Å². The summed E-state index contributed by atoms with van der Waals surface area (Å²) in [5.74, 6) is -1.12. The van der Waals surface area contributed by atoms with Crippen molar-refractivity contribution >= 4 is 33.2 Å². The molecule has 0 aliphatic carbocycles. The van der Waals surface area contributed by atoms with Gasteiger partial charge < -0.3 is 21.1 Å². The largest absolute Gasteiger partial charge is 0.376 e. The van der Waals surface area contributed by atoms with Crippen LogP contribution in [0.5, 0.6) is 0 Å². The minimum absolute atomic E-state index is 0.0824. The molecule has 0 aromatic heterocycles. The highest BCUT2D eigenvalue weighted by atomic mass is 35.5. The molecule has 2 fully saturated rings. The monoisotopic (exact) mass is 656 g/mol. The fraction of sp³-hybridized carbons (Fsp3) is 0.441. The summed E-state index contributed by atoms with van der Waals surface area (Å²) in [6, 6.07) is 19.0. The number of rotatable bonds is 10. The lowest BCUT2D eigenvalue weighted by Gasteiger charge is -2.41. The first-order valence-electron chi connectivity index (χ1n) is 15.5. The molecule has 2 aliphatic rings. The zero-order valence-electron chi connectivity index (χ0n) is 25.7. The predicted molar refractivity (Wildman–Crippen MR) is 175 cm³/mol. The lowest BCUT2D eigenvalue weighted by Crippen LogP contribution is -2.53. The molecule has 2 aliphatic heterocycles. The van der Waals surface area contributed by atoms with Crippen molar-refractivity contribution in [2.45, 2.75) is 68.0 Å². The Hall–Kier alpha value is -2.86. The first kappa shape index (κ1) is 33.5. The van der Waals surface area contributed by atoms with E-state index in [1.807, 2.05) is 26.0 Å². The average Bonchev–Trinajstić information content (AvgIpc) is 3.02. The number of amides is 1. The van der Waals surface area contributed by atoms with E-state index in [-0.39, 0.29) is 34.8 Å². The number of nitrogens with one attached hydrogen (secondary N) is 2. The second kappa shape index (κ2) is 14.3. The second-order valence-electron chi connectivity index (χ2n) is 12.5. The van der Waals surface area contributed by atoms with Crippen molar-refractivity contribution in [2.24, 2.45) is 11.7 Å². The van der Waals surface area contributed by atoms with Crippen molar-refractivity contribution in [3.8, 4) is 0 Å². The van der Waals surface area contributed by atoms with Crippen molar-refractivity contribution in [3.05, 3.63) is 94.8 Å². The van der Waals surface area contributed by atoms with E-state index in [0.717, 1.165) is 18.4 Å². The van der Waals surface area contributed by atoms with Gasteiger partial charge in [-0.15, -0.1) is 0 Å². The smallest absolute Gasteiger partial charge is 0.243 e. The maximum absolute atomic E-state index is 15.3. The fourth-order valence-electron chi connectivity index (χ4n) is 6.70. The molecule has 3 aromatic carbocycles. The van der Waals surface area contributed by atoms with Gasteiger partial charge in [0.2, 0.25) is 15.9 Å². The van der Waals surface area contributed by atoms with Gasteiger partial charge in [-0.25, -0.2) is 12.8 Å². The van der Waals surface area contributed by atoms with Gasteiger partial charge in [-0.2, -0.15) is 4.31 Å². The summed E-state index contributed by atoms with van der Waals surface area (Å²) in [6.45, 7) is 5.93. The number of benzene rings is 3. The van der Waals surface area contributed by atoms with E-state index in [0.29, 0.717) is 48.9 Å². The van der Waals surface area contributed by atoms with Crippen LogP contribution in [0.25, 0.3) is 0 Å². The van der Waals surface area contributed by atoms with Crippen molar-refractivity contribution in [3.63, 3.8) is 0 Å². The molecule has 1 unspecified atom stereocenters. The molecule has 2 saturated heterocycles. The molecule has 0 spiro atoms. The van der Waals surface area contributed by atoms with E-state index in [9.17, 15) is 13.2 Å². The van der Waals surface area contributed by atoms with Gasteiger partial charge in [0.25, 0.3) is 0 Å². The molecular formula is C34H42ClFN4O4S. The van der Waals surface area contributed by atoms with Gasteiger partial charge in [0.1, 0.15) is 5.82 Å². The number of nitrogens with zero attached hydrogens (tertiary/aromatic N) is 1. The Morgan fingerprint density at radius 3 is 2.58 bits per heavy atom. The zero-order chi connectivity index (χ0) is 32.2. The minimum Gasteiger partial charge on any atom is -0.376 e. The lowest BCUT2D eigenvalue weighted by atomic mass is 9.73. The van der Waals surface area contributed by atoms with Crippen LogP contribution in [-0.2, 0) is 26.0 Å². The highest BCUT2D eigenvalue weighted by Gasteiger charge is 2.39. The highest BCUT2D eigenvalue weighted by molar-refractivity contribution is 7.89. The quantitative estimate of drug-likeness (QED) is 0.272. The Bertz CT molecular complexity index is 1570. The molecule has 2 heterocycles. The molecule has 1 amide bonds. The normalized spacial score (nSPS) is 22.0. The fourth-order valence-corrected chi connectivity index (χ4v) is 8.50. The van der Waals surface area contributed by atoms with E-state index >= 15 is 4.39 Å². The number of ether oxygens (including phenoxy) is 1. The number of sulfonamides is 1. The molecule has 4 atom stereocenters. The van der Waals surface area contributed by atoms with E-state index in [1.54, 1.807) is 54.6 Å². The summed E-state index contributed by atoms with van der Waals surface area (Å²) in [5, 5.41) is 6.78. The lowest BCUT2D eigenvalue weighted by molar-refractivity contribution is -0.119. The zero-order valence-corrected chi connectivity index (χ0v) is 27.3. The molecule has 0 radical (unpaired) electrons. The number of anilines is 1. The number of hydrogen-bond acceptors (Lipinski definition) is 6. The highest BCUT2D eigenvalue weighted by Crippen LogP contribution is 2.40. The van der Waals surface area contributed by atoms with Crippen LogP contribution in [0.1, 0.15) is 50.2 Å². The maximum Gasteiger partial charge on any atom is 0.243 e. The first-order chi connectivity index (χ1) is 21.5. The molecular weight excluding hydrogens is 615 g/mol. The first-order valence-corrected chi connectivity index (χ1v) is 17.3. The number of carbonyl (C=O) groups excluding carboxylic acids is 1. The Morgan fingerprint density at radius 2 is 1.87 bits per heavy atom. The van der Waals surface area contributed by atoms with Gasteiger partial charge in [0.15, 0.2) is 0 Å². The molecule has 242 valence electrons. The van der Waals surface area contributed by atoms with Crippen LogP contribution < -0.4 is 16.4 Å². The van der Waals surface area contributed by atoms with Gasteiger partial charge in [-0.3, -0.25) is 4.79 Å². The SMILES string of the molecule is CC1(C)CC([C@H](c2ccc(Cl)cc2)[C@H](N)C(=O)Nc2cccc(F)c2CC[C@H]2CNCCN2S(=O)(=O)c2ccccc2)CCO1. The summed E-state index contributed by atoms with van der Waals surface area (Å²) in [4.78, 5) is 14.0. The number of piperazine rings is 1. The number of halogens is 2. The average molecular weight is 657 g/mol. The maximum atomic E-state index is 15.3. The number of carbonyl (C=O) groups is 1. The van der Waals surface area contributed by atoms with Crippen LogP contribution in [-0.4, -0.2) is 62.6 Å². The van der Waals surface area contributed by atoms with Gasteiger partial charge in [-0.1, -0.05) is 48.0 Å². The van der Waals surface area contributed by atoms with Crippen LogP contribution in [0.4, 0.5) is 10.1 Å². The van der Waals surface area contributed by atoms with Crippen molar-refractivity contribution in [1.82, 2.24) is 9.62 Å². The third-order valence-electron chi connectivity index (χ3n) is 8.94. The molecule has 11 heteroatoms. The van der Waals surface area contributed by atoms with Crippen LogP contribution in [0.2, 0.25) is 5.02 Å². The molecule has 0 saturated carbocycles. The van der Waals surface area contributed by atoms with Crippen molar-refractivity contribution in [2.75, 3.05) is 31.6 Å². The Balaban J connectivity index is 1.35. The molecule has 3 aromatic rings. The van der Waals surface area contributed by atoms with E-state index in [2.05, 4.69) is 10.6 Å². The van der Waals surface area contributed by atoms with Gasteiger partial charge in [0.05, 0.1) is 16.5 Å². The van der Waals surface area contributed by atoms with Crippen LogP contribution >= 0.6 is 11.6 Å². The molecule has 5 rings (SSSR count). The van der Waals surface area contributed by atoms with E-state index in [1.165, 1.54) is 10.4 Å². The Morgan fingerprint density at radius 1 is 1.13 bits per heavy atom. The van der Waals surface area contributed by atoms with E-state index < -0.39 is 27.8 Å². The Kier molecular flexibility index (Phi) is 10.6. The van der Waals surface area contributed by atoms with Crippen molar-refractivity contribution in [1.29, 1.82) is 0 Å². The van der Waals surface area contributed by atoms with Crippen LogP contribution in [0, 0.1) is 11.7 Å². The van der Waals surface area contributed by atoms with E-state index in [4.69, 9.17) is 22.1 Å². The van der Waals surface area contributed by atoms with Gasteiger partial charge in [0, 0.05) is 54.5 Å². The summed E-state index contributed by atoms with van der Waals surface area (Å²) in [7, 11) is -3.73. The van der Waals surface area contributed by atoms with Crippen molar-refractivity contribution < 1.29 is 22.3 Å². The molecule has 0 bridgehead atoms. The minimum atomic E-state index is -3.73. The molecule has 4 N–H and O–H groups in total. The number of hydrogen-bond donors (Lipinski definition) is 3. The van der Waals surface area contributed by atoms with Crippen LogP contribution in [0.3, 0.4) is 0 Å². The molecule has 45 heavy (non-hydrogen) atoms. The third-order valence-corrected chi connectivity index (χ3v) is 11.2. The predicted octanol–water partition coefficient (Wildman–Crippen LogP) is 5.33. The number of nitrogens with two attached hydrogens (primary N) is 1. The molecule has 8 nitrogen and oxygen atoms in total. The standard InChI is InChI=1S/C34H42ClFN4O4S/c1-34(2)21-24(17-20-44-34)31(23-11-13-25(35)14-12-23)32(37)33(41)39-30-10-6-9-29(36)28(30)16-15-26-22-38-18-19-40(26)45(42,43)27-7-4-3-5-8-27/h3-14,24,26,31-32,38H,15-22,37H2,1-2H3,(H,39,41)/t24?,26-,31-,32-/m0/s1. The Labute approximate surface area is 270 Å². The summed E-state index contributed by atoms with van der Waals surface area (Å²) >= 11 is 6.17.